The van der Waals surface area contributed by atoms with Gasteiger partial charge in [0, 0.05) is 23.9 Å². The summed E-state index contributed by atoms with van der Waals surface area (Å²) in [5.41, 5.74) is 0.631. The SMILES string of the molecule is CC(C)O[Si](OC(C)C)(OC(C)C)C(C)CCC(C)(C)C. The quantitative estimate of drug-likeness (QED) is 0.531. The highest BCUT2D eigenvalue weighted by Crippen LogP contribution is 2.36. The van der Waals surface area contributed by atoms with Crippen LogP contribution < -0.4 is 0 Å². The lowest BCUT2D eigenvalue weighted by Gasteiger charge is -2.39. The first-order valence-electron chi connectivity index (χ1n) is 8.41. The highest BCUT2D eigenvalue weighted by molar-refractivity contribution is 6.62. The summed E-state index contributed by atoms with van der Waals surface area (Å²) in [6, 6.07) is 0. The third kappa shape index (κ3) is 8.96. The second kappa shape index (κ2) is 8.66. The molecule has 1 atom stereocenters. The second-order valence-corrected chi connectivity index (χ2v) is 11.0. The van der Waals surface area contributed by atoms with Crippen molar-refractivity contribution in [1.29, 1.82) is 0 Å². The van der Waals surface area contributed by atoms with Crippen molar-refractivity contribution in [3.05, 3.63) is 0 Å². The first-order chi connectivity index (χ1) is 9.38. The maximum atomic E-state index is 6.28. The molecule has 3 nitrogen and oxygen atoms in total. The molecule has 0 saturated heterocycles. The molecular weight excluding hydrogens is 280 g/mol. The molecule has 0 fully saturated rings. The van der Waals surface area contributed by atoms with Crippen LogP contribution in [0.5, 0.6) is 0 Å². The molecule has 21 heavy (non-hydrogen) atoms. The average Bonchev–Trinajstić information content (AvgIpc) is 2.21. The Morgan fingerprint density at radius 1 is 0.714 bits per heavy atom. The van der Waals surface area contributed by atoms with Crippen molar-refractivity contribution >= 4 is 8.80 Å². The van der Waals surface area contributed by atoms with Gasteiger partial charge in [-0.3, -0.25) is 0 Å². The molecule has 128 valence electrons. The van der Waals surface area contributed by atoms with Crippen LogP contribution >= 0.6 is 0 Å². The molecule has 0 saturated carbocycles. The summed E-state index contributed by atoms with van der Waals surface area (Å²) in [7, 11) is -2.69. The molecule has 0 aromatic rings. The third-order valence-electron chi connectivity index (χ3n) is 3.13. The van der Waals surface area contributed by atoms with Crippen molar-refractivity contribution in [2.45, 2.75) is 106 Å². The Kier molecular flexibility index (Phi) is 8.70. The van der Waals surface area contributed by atoms with Gasteiger partial charge in [0.2, 0.25) is 0 Å². The summed E-state index contributed by atoms with van der Waals surface area (Å²) in [6.45, 7) is 21.4. The van der Waals surface area contributed by atoms with E-state index in [1.807, 2.05) is 0 Å². The van der Waals surface area contributed by atoms with Gasteiger partial charge in [-0.25, -0.2) is 0 Å². The second-order valence-electron chi connectivity index (χ2n) is 8.10. The zero-order valence-corrected chi connectivity index (χ0v) is 16.9. The standard InChI is InChI=1S/C17H38O3Si/c1-13(2)18-21(19-14(3)4,20-15(5)6)16(7)11-12-17(8,9)10/h13-16H,11-12H2,1-10H3. The van der Waals surface area contributed by atoms with Crippen LogP contribution in [0.3, 0.4) is 0 Å². The monoisotopic (exact) mass is 318 g/mol. The van der Waals surface area contributed by atoms with Crippen LogP contribution in [0.25, 0.3) is 0 Å². The summed E-state index contributed by atoms with van der Waals surface area (Å²) in [6.07, 6.45) is 2.57. The summed E-state index contributed by atoms with van der Waals surface area (Å²) in [5, 5.41) is 0. The number of hydrogen-bond acceptors (Lipinski definition) is 3. The smallest absolute Gasteiger partial charge is 0.371 e. The van der Waals surface area contributed by atoms with Crippen LogP contribution in [-0.4, -0.2) is 27.1 Å². The van der Waals surface area contributed by atoms with E-state index in [0.29, 0.717) is 11.0 Å². The molecule has 0 aliphatic heterocycles. The highest BCUT2D eigenvalue weighted by Gasteiger charge is 2.49. The molecule has 0 spiro atoms. The van der Waals surface area contributed by atoms with E-state index in [1.165, 1.54) is 0 Å². The molecular formula is C17H38O3Si. The lowest BCUT2D eigenvalue weighted by Crippen LogP contribution is -2.53. The molecule has 4 heteroatoms. The van der Waals surface area contributed by atoms with Crippen molar-refractivity contribution in [3.8, 4) is 0 Å². The van der Waals surface area contributed by atoms with Crippen molar-refractivity contribution in [3.63, 3.8) is 0 Å². The minimum absolute atomic E-state index is 0.117. The van der Waals surface area contributed by atoms with Gasteiger partial charge in [-0.15, -0.1) is 0 Å². The molecule has 0 heterocycles. The fourth-order valence-electron chi connectivity index (χ4n) is 2.24. The first kappa shape index (κ1) is 21.1. The Bertz CT molecular complexity index is 256. The Morgan fingerprint density at radius 2 is 1.05 bits per heavy atom. The summed E-state index contributed by atoms with van der Waals surface area (Å²) in [5.74, 6) is 0. The van der Waals surface area contributed by atoms with Gasteiger partial charge in [0.05, 0.1) is 0 Å². The molecule has 0 rings (SSSR count). The van der Waals surface area contributed by atoms with Gasteiger partial charge in [0.25, 0.3) is 0 Å². The molecule has 0 aromatic heterocycles. The minimum Gasteiger partial charge on any atom is -0.371 e. The molecule has 0 aliphatic rings. The molecule has 0 amide bonds. The first-order valence-corrected chi connectivity index (χ1v) is 10.2. The Balaban J connectivity index is 5.19. The van der Waals surface area contributed by atoms with Gasteiger partial charge in [-0.1, -0.05) is 27.7 Å². The largest absolute Gasteiger partial charge is 0.504 e. The van der Waals surface area contributed by atoms with Crippen LogP contribution in [0.1, 0.15) is 82.1 Å². The van der Waals surface area contributed by atoms with Gasteiger partial charge >= 0.3 is 8.80 Å². The lowest BCUT2D eigenvalue weighted by atomic mass is 9.90. The summed E-state index contributed by atoms with van der Waals surface area (Å²) >= 11 is 0. The predicted molar refractivity (Wildman–Crippen MR) is 92.5 cm³/mol. The van der Waals surface area contributed by atoms with Gasteiger partial charge in [0.15, 0.2) is 0 Å². The Labute approximate surface area is 134 Å². The number of rotatable bonds is 9. The molecule has 0 aliphatic carbocycles. The summed E-state index contributed by atoms with van der Waals surface area (Å²) < 4.78 is 18.8. The van der Waals surface area contributed by atoms with Crippen molar-refractivity contribution in [1.82, 2.24) is 0 Å². The van der Waals surface area contributed by atoms with Gasteiger partial charge in [-0.05, 0) is 59.8 Å². The normalized spacial score (nSPS) is 15.3. The molecule has 1 unspecified atom stereocenters. The van der Waals surface area contributed by atoms with Crippen molar-refractivity contribution in [2.75, 3.05) is 0 Å². The third-order valence-corrected chi connectivity index (χ3v) is 7.03. The lowest BCUT2D eigenvalue weighted by molar-refractivity contribution is -0.00510. The van der Waals surface area contributed by atoms with E-state index in [2.05, 4.69) is 69.2 Å². The summed E-state index contributed by atoms with van der Waals surface area (Å²) in [4.78, 5) is 0. The van der Waals surface area contributed by atoms with Crippen LogP contribution in [-0.2, 0) is 13.3 Å². The molecule has 0 bridgehead atoms. The molecule has 0 aromatic carbocycles. The van der Waals surface area contributed by atoms with Crippen molar-refractivity contribution in [2.24, 2.45) is 5.41 Å². The minimum atomic E-state index is -2.69. The van der Waals surface area contributed by atoms with Crippen LogP contribution in [0.2, 0.25) is 5.54 Å². The van der Waals surface area contributed by atoms with Gasteiger partial charge < -0.3 is 13.3 Å². The number of hydrogen-bond donors (Lipinski definition) is 0. The zero-order valence-electron chi connectivity index (χ0n) is 15.9. The van der Waals surface area contributed by atoms with E-state index in [0.717, 1.165) is 12.8 Å². The van der Waals surface area contributed by atoms with E-state index in [4.69, 9.17) is 13.3 Å². The van der Waals surface area contributed by atoms with E-state index in [1.54, 1.807) is 0 Å². The Morgan fingerprint density at radius 3 is 1.29 bits per heavy atom. The predicted octanol–water partition coefficient (Wildman–Crippen LogP) is 5.42. The van der Waals surface area contributed by atoms with Crippen LogP contribution in [0.4, 0.5) is 0 Å². The maximum Gasteiger partial charge on any atom is 0.504 e. The van der Waals surface area contributed by atoms with E-state index in [9.17, 15) is 0 Å². The van der Waals surface area contributed by atoms with Crippen molar-refractivity contribution < 1.29 is 13.3 Å². The zero-order chi connectivity index (χ0) is 16.8. The van der Waals surface area contributed by atoms with Crippen LogP contribution in [0, 0.1) is 5.41 Å². The van der Waals surface area contributed by atoms with E-state index in [-0.39, 0.29) is 18.3 Å². The fraction of sp³-hybridized carbons (Fsp3) is 1.00. The van der Waals surface area contributed by atoms with E-state index >= 15 is 0 Å². The maximum absolute atomic E-state index is 6.28. The Hall–Kier alpha value is 0.0969. The average molecular weight is 319 g/mol. The van der Waals surface area contributed by atoms with Crippen LogP contribution in [0.15, 0.2) is 0 Å². The van der Waals surface area contributed by atoms with E-state index < -0.39 is 8.80 Å². The highest BCUT2D eigenvalue weighted by atomic mass is 28.4. The molecule has 0 radical (unpaired) electrons. The van der Waals surface area contributed by atoms with Gasteiger partial charge in [0.1, 0.15) is 0 Å². The topological polar surface area (TPSA) is 27.7 Å². The fourth-order valence-corrected chi connectivity index (χ4v) is 5.58. The van der Waals surface area contributed by atoms with Gasteiger partial charge in [-0.2, -0.15) is 0 Å². The molecule has 0 N–H and O–H groups in total.